The predicted molar refractivity (Wildman–Crippen MR) is 172 cm³/mol. The van der Waals surface area contributed by atoms with Crippen LogP contribution in [0.15, 0.2) is 60.2 Å². The Morgan fingerprint density at radius 1 is 0.863 bits per heavy atom. The Bertz CT molecular complexity index is 2040. The van der Waals surface area contributed by atoms with E-state index in [0.717, 1.165) is 10.5 Å². The molecule has 2 heterocycles. The molecule has 3 aromatic rings. The number of alkyl halides is 2. The number of phenols is 1. The molecule has 0 unspecified atom stereocenters. The maximum atomic E-state index is 15.2. The van der Waals surface area contributed by atoms with Gasteiger partial charge < -0.3 is 9.84 Å². The monoisotopic (exact) mass is 748 g/mol. The summed E-state index contributed by atoms with van der Waals surface area (Å²) < 4.78 is 79.2. The summed E-state index contributed by atoms with van der Waals surface area (Å²) >= 11 is 14.2. The van der Waals surface area contributed by atoms with E-state index in [-0.39, 0.29) is 41.4 Å². The van der Waals surface area contributed by atoms with Crippen molar-refractivity contribution in [1.29, 1.82) is 0 Å². The number of fused-ring (bicyclic) bond motifs is 4. The highest BCUT2D eigenvalue weighted by Gasteiger charge is 2.77. The van der Waals surface area contributed by atoms with E-state index >= 15 is 8.78 Å². The van der Waals surface area contributed by atoms with Gasteiger partial charge in [-0.15, -0.1) is 23.2 Å². The highest BCUT2D eigenvalue weighted by atomic mass is 35.5. The number of nitrogens with zero attached hydrogens (tertiary/aromatic N) is 2. The van der Waals surface area contributed by atoms with E-state index in [9.17, 15) is 37.5 Å². The first-order valence-corrected chi connectivity index (χ1v) is 16.8. The molecule has 4 aliphatic rings. The normalized spacial score (nSPS) is 28.5. The Labute approximate surface area is 297 Å². The van der Waals surface area contributed by atoms with Crippen LogP contribution in [0.4, 0.5) is 27.6 Å². The van der Waals surface area contributed by atoms with Crippen molar-refractivity contribution >= 4 is 52.5 Å². The third-order valence-corrected chi connectivity index (χ3v) is 11.7. The number of carbonyl (C=O) groups excluding carboxylic acids is 4. The van der Waals surface area contributed by atoms with Gasteiger partial charge in [0.1, 0.15) is 23.8 Å². The van der Waals surface area contributed by atoms with Crippen LogP contribution < -0.4 is 9.64 Å². The van der Waals surface area contributed by atoms with E-state index in [4.69, 9.17) is 27.9 Å². The number of imide groups is 2. The van der Waals surface area contributed by atoms with Crippen LogP contribution in [-0.2, 0) is 25.8 Å². The number of hydrogen-bond donors (Lipinski definition) is 1. The third kappa shape index (κ3) is 4.83. The molecule has 0 bridgehead atoms. The van der Waals surface area contributed by atoms with Crippen LogP contribution in [0, 0.1) is 46.8 Å². The molecule has 2 aliphatic heterocycles. The van der Waals surface area contributed by atoms with Crippen LogP contribution >= 0.6 is 23.2 Å². The minimum absolute atomic E-state index is 0.00255. The summed E-state index contributed by atoms with van der Waals surface area (Å²) in [5.41, 5.74) is -0.949. The molecule has 6 atom stereocenters. The van der Waals surface area contributed by atoms with Gasteiger partial charge in [-0.1, -0.05) is 55.0 Å². The Kier molecular flexibility index (Phi) is 8.45. The van der Waals surface area contributed by atoms with Gasteiger partial charge in [0.2, 0.25) is 17.6 Å². The highest BCUT2D eigenvalue weighted by Crippen LogP contribution is 2.66. The SMILES string of the molecule is CCCN1C(=O)[C@H]2[C@H](CC=C3[C@H]2C[C@@]2(Cl)C(=O)N(c4c(F)c(F)c(F)c(F)c4F)C(=O)[C@@]2(Cl)[C@H]3c2ccc(OCc3ccccc3)cc2O)C1=O. The van der Waals surface area contributed by atoms with Gasteiger partial charge in [0.05, 0.1) is 11.8 Å². The summed E-state index contributed by atoms with van der Waals surface area (Å²) in [7, 11) is 0. The number of benzene rings is 3. The van der Waals surface area contributed by atoms with Crippen LogP contribution in [0.3, 0.4) is 0 Å². The third-order valence-electron chi connectivity index (χ3n) is 10.3. The van der Waals surface area contributed by atoms with Gasteiger partial charge in [0.25, 0.3) is 11.8 Å². The molecule has 266 valence electrons. The minimum Gasteiger partial charge on any atom is -0.508 e. The molecule has 8 nitrogen and oxygen atoms in total. The summed E-state index contributed by atoms with van der Waals surface area (Å²) in [6.07, 6.45) is 1.39. The number of likely N-dealkylation sites (tertiary alicyclic amines) is 1. The predicted octanol–water partition coefficient (Wildman–Crippen LogP) is 6.64. The fourth-order valence-corrected chi connectivity index (χ4v) is 8.95. The summed E-state index contributed by atoms with van der Waals surface area (Å²) in [6, 6.07) is 13.0. The van der Waals surface area contributed by atoms with Crippen molar-refractivity contribution in [2.24, 2.45) is 17.8 Å². The summed E-state index contributed by atoms with van der Waals surface area (Å²) in [4.78, 5) is 51.3. The second kappa shape index (κ2) is 12.3. The van der Waals surface area contributed by atoms with Gasteiger partial charge in [-0.25, -0.2) is 26.9 Å². The molecule has 2 saturated heterocycles. The van der Waals surface area contributed by atoms with E-state index in [1.807, 2.05) is 18.2 Å². The van der Waals surface area contributed by atoms with Gasteiger partial charge in [0, 0.05) is 24.1 Å². The molecular weight excluding hydrogens is 722 g/mol. The molecule has 2 aliphatic carbocycles. The van der Waals surface area contributed by atoms with Crippen LogP contribution in [-0.4, -0.2) is 49.9 Å². The fourth-order valence-electron chi connectivity index (χ4n) is 8.02. The molecule has 1 saturated carbocycles. The van der Waals surface area contributed by atoms with E-state index in [1.165, 1.54) is 18.2 Å². The number of carbonyl (C=O) groups is 4. The molecule has 0 aromatic heterocycles. The highest BCUT2D eigenvalue weighted by molar-refractivity contribution is 6.58. The largest absolute Gasteiger partial charge is 0.508 e. The zero-order valence-corrected chi connectivity index (χ0v) is 28.1. The first-order chi connectivity index (χ1) is 24.2. The Hall–Kier alpha value is -4.49. The number of anilines is 1. The number of aromatic hydroxyl groups is 1. The van der Waals surface area contributed by atoms with Crippen molar-refractivity contribution in [1.82, 2.24) is 4.90 Å². The molecule has 15 heteroatoms. The Morgan fingerprint density at radius 3 is 2.14 bits per heavy atom. The van der Waals surface area contributed by atoms with Crippen LogP contribution in [0.25, 0.3) is 0 Å². The second-order valence-corrected chi connectivity index (χ2v) is 14.3. The van der Waals surface area contributed by atoms with E-state index in [0.29, 0.717) is 6.42 Å². The van der Waals surface area contributed by atoms with Crippen LogP contribution in [0.2, 0.25) is 0 Å². The molecule has 0 spiro atoms. The lowest BCUT2D eigenvalue weighted by Gasteiger charge is -2.50. The van der Waals surface area contributed by atoms with Gasteiger partial charge >= 0.3 is 0 Å². The topological polar surface area (TPSA) is 104 Å². The summed E-state index contributed by atoms with van der Waals surface area (Å²) in [6.45, 7) is 1.99. The number of rotatable bonds is 7. The van der Waals surface area contributed by atoms with Crippen molar-refractivity contribution < 1.29 is 51.0 Å². The smallest absolute Gasteiger partial charge is 0.258 e. The molecule has 1 N–H and O–H groups in total. The maximum Gasteiger partial charge on any atom is 0.258 e. The number of hydrogen-bond acceptors (Lipinski definition) is 6. The first-order valence-electron chi connectivity index (χ1n) is 16.0. The number of amides is 4. The average molecular weight is 750 g/mol. The van der Waals surface area contributed by atoms with Gasteiger partial charge in [-0.05, 0) is 36.8 Å². The summed E-state index contributed by atoms with van der Waals surface area (Å²) in [5, 5.41) is 11.5. The number of halogens is 7. The molecule has 3 fully saturated rings. The summed E-state index contributed by atoms with van der Waals surface area (Å²) in [5.74, 6) is -21.5. The van der Waals surface area contributed by atoms with Crippen molar-refractivity contribution in [2.45, 2.75) is 48.5 Å². The van der Waals surface area contributed by atoms with E-state index in [2.05, 4.69) is 0 Å². The van der Waals surface area contributed by atoms with E-state index < -0.39 is 104 Å². The van der Waals surface area contributed by atoms with Crippen LogP contribution in [0.1, 0.15) is 43.2 Å². The maximum absolute atomic E-state index is 15.2. The zero-order chi connectivity index (χ0) is 36.7. The molecule has 3 aromatic carbocycles. The first kappa shape index (κ1) is 34.9. The number of ether oxygens (including phenoxy) is 1. The standard InChI is InChI=1S/C36H27Cl2F5N2O6/c1-2-12-44-31(47)20-11-10-18-21(23(20)32(44)48)14-35(37)33(49)45(30-28(42)26(40)25(39)27(41)29(30)43)34(50)36(35,38)24(18)19-9-8-17(13-22(19)46)51-15-16-6-4-3-5-7-16/h3-10,13,20-21,23-24,46H,2,11-12,14-15H2,1H3/t20-,21+,23-,24+,35+,36-/m0/s1. The number of allylic oxidation sites excluding steroid dienone is 2. The molecule has 51 heavy (non-hydrogen) atoms. The number of phenolic OH excluding ortho intramolecular Hbond substituents is 1. The van der Waals surface area contributed by atoms with Gasteiger partial charge in [0.15, 0.2) is 33.0 Å². The average Bonchev–Trinajstić information content (AvgIpc) is 3.44. The molecule has 7 rings (SSSR count). The zero-order valence-electron chi connectivity index (χ0n) is 26.6. The van der Waals surface area contributed by atoms with Crippen molar-refractivity contribution in [3.63, 3.8) is 0 Å². The molecule has 0 radical (unpaired) electrons. The lowest BCUT2D eigenvalue weighted by molar-refractivity contribution is -0.140. The minimum atomic E-state index is -2.75. The van der Waals surface area contributed by atoms with Gasteiger partial charge in [-0.2, -0.15) is 0 Å². The Balaban J connectivity index is 1.39. The molecular formula is C36H27Cl2F5N2O6. The second-order valence-electron chi connectivity index (χ2n) is 13.0. The molecule has 4 amide bonds. The van der Waals surface area contributed by atoms with Crippen molar-refractivity contribution in [3.05, 3.63) is 100 Å². The van der Waals surface area contributed by atoms with Gasteiger partial charge in [-0.3, -0.25) is 24.1 Å². The Morgan fingerprint density at radius 2 is 1.51 bits per heavy atom. The van der Waals surface area contributed by atoms with Crippen LogP contribution in [0.5, 0.6) is 11.5 Å². The fraction of sp³-hybridized carbons (Fsp3) is 0.333. The lowest BCUT2D eigenvalue weighted by atomic mass is 9.56. The van der Waals surface area contributed by atoms with Crippen molar-refractivity contribution in [3.8, 4) is 11.5 Å². The van der Waals surface area contributed by atoms with E-state index in [1.54, 1.807) is 25.1 Å². The van der Waals surface area contributed by atoms with Crippen molar-refractivity contribution in [2.75, 3.05) is 11.4 Å². The lowest BCUT2D eigenvalue weighted by Crippen LogP contribution is -2.60. The quantitative estimate of drug-likeness (QED) is 0.0726.